The molecule has 10 heteroatoms. The maximum Gasteiger partial charge on any atom is 0.331 e. The number of hydrogen-bond acceptors (Lipinski definition) is 8. The van der Waals surface area contributed by atoms with Gasteiger partial charge in [-0.25, -0.2) is 10.9 Å². The quantitative estimate of drug-likeness (QED) is 0.382. The minimum Gasteiger partial charge on any atom is -0.478 e. The predicted octanol–water partition coefficient (Wildman–Crippen LogP) is 1.09. The average molecular weight is 404 g/mol. The minimum absolute atomic E-state index is 0.137. The fourth-order valence-electron chi connectivity index (χ4n) is 2.08. The summed E-state index contributed by atoms with van der Waals surface area (Å²) in [5.74, 6) is -1.26. The van der Waals surface area contributed by atoms with Crippen LogP contribution in [0.2, 0.25) is 0 Å². The van der Waals surface area contributed by atoms with Gasteiger partial charge in [-0.3, -0.25) is 9.59 Å². The zero-order valence-corrected chi connectivity index (χ0v) is 15.6. The molecule has 0 fully saturated rings. The Hall–Kier alpha value is -4.70. The Morgan fingerprint density at radius 3 is 1.60 bits per heavy atom. The van der Waals surface area contributed by atoms with E-state index in [4.69, 9.17) is 20.0 Å². The lowest BCUT2D eigenvalue weighted by atomic mass is 10.2. The van der Waals surface area contributed by atoms with E-state index < -0.39 is 11.8 Å². The lowest BCUT2D eigenvalue weighted by molar-refractivity contribution is -0.139. The second kappa shape index (κ2) is 11.9. The summed E-state index contributed by atoms with van der Waals surface area (Å²) in [4.78, 5) is 23.6. The van der Waals surface area contributed by atoms with Crippen molar-refractivity contribution in [3.63, 3.8) is 0 Å². The van der Waals surface area contributed by atoms with E-state index in [9.17, 15) is 9.59 Å². The first kappa shape index (κ1) is 21.6. The molecule has 0 aromatic heterocycles. The van der Waals surface area contributed by atoms with Gasteiger partial charge in [-0.2, -0.15) is 20.7 Å². The summed E-state index contributed by atoms with van der Waals surface area (Å²) >= 11 is 0. The number of amides is 2. The summed E-state index contributed by atoms with van der Waals surface area (Å²) in [6, 6.07) is 17.2. The van der Waals surface area contributed by atoms with E-state index in [1.54, 1.807) is 48.5 Å². The molecule has 2 amide bonds. The Morgan fingerprint density at radius 1 is 0.800 bits per heavy atom. The molecule has 0 saturated heterocycles. The molecule has 30 heavy (non-hydrogen) atoms. The van der Waals surface area contributed by atoms with Gasteiger partial charge < -0.3 is 9.47 Å². The number of hydrazone groups is 2. The second-order valence-corrected chi connectivity index (χ2v) is 5.37. The van der Waals surface area contributed by atoms with Gasteiger partial charge in [0.1, 0.15) is 23.6 Å². The van der Waals surface area contributed by atoms with E-state index >= 15 is 0 Å². The number of para-hydroxylation sites is 2. The van der Waals surface area contributed by atoms with Crippen LogP contribution < -0.4 is 20.3 Å². The smallest absolute Gasteiger partial charge is 0.331 e. The number of carbonyl (C=O) groups excluding carboxylic acids is 2. The van der Waals surface area contributed by atoms with Gasteiger partial charge in [-0.15, -0.1) is 0 Å². The van der Waals surface area contributed by atoms with Crippen molar-refractivity contribution in [1.82, 2.24) is 10.9 Å². The first-order valence-corrected chi connectivity index (χ1v) is 8.49. The molecule has 0 radical (unpaired) electrons. The van der Waals surface area contributed by atoms with E-state index in [-0.39, 0.29) is 13.2 Å². The topological polar surface area (TPSA) is 149 Å². The van der Waals surface area contributed by atoms with Gasteiger partial charge in [0.15, 0.2) is 13.2 Å². The highest BCUT2D eigenvalue weighted by Crippen LogP contribution is 2.16. The van der Waals surface area contributed by atoms with Crippen molar-refractivity contribution in [2.75, 3.05) is 13.2 Å². The van der Waals surface area contributed by atoms with Crippen molar-refractivity contribution in [1.29, 1.82) is 10.5 Å². The third kappa shape index (κ3) is 6.79. The molecule has 150 valence electrons. The molecule has 0 aliphatic carbocycles. The van der Waals surface area contributed by atoms with Crippen LogP contribution in [0.5, 0.6) is 11.5 Å². The lowest BCUT2D eigenvalue weighted by Gasteiger charge is -2.05. The highest BCUT2D eigenvalue weighted by Gasteiger charge is 2.11. The van der Waals surface area contributed by atoms with Crippen molar-refractivity contribution >= 4 is 24.2 Å². The summed E-state index contributed by atoms with van der Waals surface area (Å²) in [5, 5.41) is 24.6. The molecule has 2 aromatic rings. The van der Waals surface area contributed by atoms with Crippen LogP contribution in [-0.4, -0.2) is 37.5 Å². The Balaban J connectivity index is 1.90. The molecule has 2 aromatic carbocycles. The Bertz CT molecular complexity index is 953. The van der Waals surface area contributed by atoms with E-state index in [1.807, 2.05) is 12.1 Å². The summed E-state index contributed by atoms with van der Waals surface area (Å²) < 4.78 is 10.5. The lowest BCUT2D eigenvalue weighted by Crippen LogP contribution is -2.35. The van der Waals surface area contributed by atoms with Crippen LogP contribution in [0, 0.1) is 22.7 Å². The minimum atomic E-state index is -1.03. The number of ether oxygens (including phenoxy) is 2. The monoisotopic (exact) mass is 404 g/mol. The standard InChI is InChI=1S/C20H16N6O4/c21-9-11-29-17-7-3-1-5-15(17)13-23-25-19(27)20(28)26-24-14-16-6-2-4-8-18(16)30-12-10-22/h1-8,13-14H,11-12H2,(H,25,27)(H,26,28)/b23-13-,24-14-. The van der Waals surface area contributed by atoms with Gasteiger partial charge in [0.05, 0.1) is 12.4 Å². The SMILES string of the molecule is N#CCOc1ccccc1/C=N\NC(=O)C(=O)N/N=C\c1ccccc1OCC#N. The molecule has 2 rings (SSSR count). The van der Waals surface area contributed by atoms with Gasteiger partial charge in [-0.1, -0.05) is 24.3 Å². The molecule has 2 N–H and O–H groups in total. The Kier molecular flexibility index (Phi) is 8.57. The van der Waals surface area contributed by atoms with E-state index in [0.717, 1.165) is 0 Å². The molecular formula is C20H16N6O4. The molecule has 0 aliphatic heterocycles. The predicted molar refractivity (Wildman–Crippen MR) is 107 cm³/mol. The number of rotatable bonds is 8. The zero-order valence-electron chi connectivity index (χ0n) is 15.6. The van der Waals surface area contributed by atoms with Crippen LogP contribution in [0.4, 0.5) is 0 Å². The summed E-state index contributed by atoms with van der Waals surface area (Å²) in [5.41, 5.74) is 5.16. The van der Waals surface area contributed by atoms with Gasteiger partial charge in [-0.05, 0) is 24.3 Å². The zero-order chi connectivity index (χ0) is 21.6. The van der Waals surface area contributed by atoms with Crippen LogP contribution >= 0.6 is 0 Å². The molecule has 0 unspecified atom stereocenters. The van der Waals surface area contributed by atoms with Crippen molar-refractivity contribution in [2.24, 2.45) is 10.2 Å². The number of nitrogens with one attached hydrogen (secondary N) is 2. The van der Waals surface area contributed by atoms with Crippen molar-refractivity contribution in [3.05, 3.63) is 59.7 Å². The summed E-state index contributed by atoms with van der Waals surface area (Å²) in [6.07, 6.45) is 2.56. The molecule has 0 heterocycles. The third-order valence-electron chi connectivity index (χ3n) is 3.37. The van der Waals surface area contributed by atoms with Crippen LogP contribution in [0.3, 0.4) is 0 Å². The first-order valence-electron chi connectivity index (χ1n) is 8.49. The van der Waals surface area contributed by atoms with Gasteiger partial charge in [0, 0.05) is 11.1 Å². The molecule has 0 saturated carbocycles. The highest BCUT2D eigenvalue weighted by molar-refractivity contribution is 6.35. The Labute approximate surface area is 172 Å². The number of nitrogens with zero attached hydrogens (tertiary/aromatic N) is 4. The molecular weight excluding hydrogens is 388 g/mol. The third-order valence-corrected chi connectivity index (χ3v) is 3.37. The van der Waals surface area contributed by atoms with Gasteiger partial charge >= 0.3 is 11.8 Å². The number of carbonyl (C=O) groups is 2. The van der Waals surface area contributed by atoms with E-state index in [2.05, 4.69) is 21.1 Å². The van der Waals surface area contributed by atoms with Crippen LogP contribution in [0.25, 0.3) is 0 Å². The second-order valence-electron chi connectivity index (χ2n) is 5.37. The highest BCUT2D eigenvalue weighted by atomic mass is 16.5. The summed E-state index contributed by atoms with van der Waals surface area (Å²) in [7, 11) is 0. The van der Waals surface area contributed by atoms with Crippen LogP contribution in [-0.2, 0) is 9.59 Å². The molecule has 0 spiro atoms. The van der Waals surface area contributed by atoms with Crippen LogP contribution in [0.15, 0.2) is 58.7 Å². The Morgan fingerprint density at radius 2 is 1.20 bits per heavy atom. The van der Waals surface area contributed by atoms with E-state index in [0.29, 0.717) is 22.6 Å². The fourth-order valence-corrected chi connectivity index (χ4v) is 2.08. The molecule has 0 bridgehead atoms. The van der Waals surface area contributed by atoms with Gasteiger partial charge in [0.25, 0.3) is 0 Å². The van der Waals surface area contributed by atoms with E-state index in [1.165, 1.54) is 12.4 Å². The first-order chi connectivity index (χ1) is 14.7. The molecule has 10 nitrogen and oxygen atoms in total. The number of nitriles is 2. The fraction of sp³-hybridized carbons (Fsp3) is 0.100. The van der Waals surface area contributed by atoms with Crippen molar-refractivity contribution < 1.29 is 19.1 Å². The summed E-state index contributed by atoms with van der Waals surface area (Å²) in [6.45, 7) is -0.273. The van der Waals surface area contributed by atoms with Crippen molar-refractivity contribution in [2.45, 2.75) is 0 Å². The average Bonchev–Trinajstić information content (AvgIpc) is 2.77. The largest absolute Gasteiger partial charge is 0.478 e. The maximum atomic E-state index is 11.8. The number of benzene rings is 2. The van der Waals surface area contributed by atoms with Gasteiger partial charge in [0.2, 0.25) is 0 Å². The molecule has 0 atom stereocenters. The maximum absolute atomic E-state index is 11.8. The number of hydrogen-bond donors (Lipinski definition) is 2. The van der Waals surface area contributed by atoms with Crippen LogP contribution in [0.1, 0.15) is 11.1 Å². The van der Waals surface area contributed by atoms with Crippen molar-refractivity contribution in [3.8, 4) is 23.6 Å². The normalized spacial score (nSPS) is 10.2. The molecule has 0 aliphatic rings.